The Morgan fingerprint density at radius 3 is 2.64 bits per heavy atom. The molecule has 1 aliphatic rings. The van der Waals surface area contributed by atoms with E-state index in [1.807, 2.05) is 6.92 Å². The molecule has 3 heteroatoms. The number of hydrogen-bond donors (Lipinski definition) is 0. The molecule has 1 atom stereocenters. The van der Waals surface area contributed by atoms with Gasteiger partial charge in [-0.15, -0.1) is 0 Å². The molecule has 0 amide bonds. The predicted octanol–water partition coefficient (Wildman–Crippen LogP) is 1.87. The molecule has 0 N–H and O–H groups in total. The molecule has 0 spiro atoms. The normalized spacial score (nSPS) is 24.0. The van der Waals surface area contributed by atoms with Crippen molar-refractivity contribution in [3.63, 3.8) is 0 Å². The molecule has 1 unspecified atom stereocenters. The van der Waals surface area contributed by atoms with Crippen molar-refractivity contribution >= 4 is 0 Å². The molecule has 0 aromatic rings. The molecule has 84 valence electrons. The van der Waals surface area contributed by atoms with Gasteiger partial charge in [0.1, 0.15) is 0 Å². The molecule has 1 saturated heterocycles. The van der Waals surface area contributed by atoms with Crippen LogP contribution in [0.15, 0.2) is 0 Å². The van der Waals surface area contributed by atoms with E-state index in [4.69, 9.17) is 9.47 Å². The summed E-state index contributed by atoms with van der Waals surface area (Å²) in [6.07, 6.45) is 3.89. The van der Waals surface area contributed by atoms with Crippen LogP contribution in [0.2, 0.25) is 0 Å². The minimum Gasteiger partial charge on any atom is -0.380 e. The van der Waals surface area contributed by atoms with E-state index in [9.17, 15) is 0 Å². The lowest BCUT2D eigenvalue weighted by atomic mass is 10.0. The fraction of sp³-hybridized carbons (Fsp3) is 1.00. The van der Waals surface area contributed by atoms with E-state index in [1.54, 1.807) is 0 Å². The van der Waals surface area contributed by atoms with Gasteiger partial charge in [0.25, 0.3) is 0 Å². The summed E-state index contributed by atoms with van der Waals surface area (Å²) in [5.74, 6) is 0. The highest BCUT2D eigenvalue weighted by Gasteiger charge is 2.21. The Morgan fingerprint density at radius 1 is 1.14 bits per heavy atom. The van der Waals surface area contributed by atoms with Crippen LogP contribution in [0.3, 0.4) is 0 Å². The summed E-state index contributed by atoms with van der Waals surface area (Å²) in [7, 11) is 0. The third-order valence-corrected chi connectivity index (χ3v) is 2.72. The van der Waals surface area contributed by atoms with Crippen LogP contribution < -0.4 is 0 Å². The number of likely N-dealkylation sites (tertiary alicyclic amines) is 1. The maximum absolute atomic E-state index is 5.49. The van der Waals surface area contributed by atoms with Crippen LogP contribution in [0.1, 0.15) is 33.1 Å². The molecular formula is C11H23NO2. The van der Waals surface area contributed by atoms with Crippen LogP contribution >= 0.6 is 0 Å². The van der Waals surface area contributed by atoms with Crippen molar-refractivity contribution in [2.24, 2.45) is 0 Å². The molecule has 0 aromatic carbocycles. The van der Waals surface area contributed by atoms with Gasteiger partial charge in [-0.05, 0) is 26.7 Å². The monoisotopic (exact) mass is 201 g/mol. The Balaban J connectivity index is 2.26. The van der Waals surface area contributed by atoms with Crippen LogP contribution in [0.4, 0.5) is 0 Å². The SMILES string of the molecule is CCOCC1CCCCN1COCC. The molecule has 1 aliphatic heterocycles. The lowest BCUT2D eigenvalue weighted by Crippen LogP contribution is -2.43. The quantitative estimate of drug-likeness (QED) is 0.655. The van der Waals surface area contributed by atoms with Gasteiger partial charge in [-0.25, -0.2) is 0 Å². The Morgan fingerprint density at radius 2 is 1.93 bits per heavy atom. The van der Waals surface area contributed by atoms with Crippen molar-refractivity contribution < 1.29 is 9.47 Å². The van der Waals surface area contributed by atoms with Gasteiger partial charge in [-0.3, -0.25) is 4.90 Å². The maximum atomic E-state index is 5.49. The summed E-state index contributed by atoms with van der Waals surface area (Å²) in [6, 6.07) is 0.579. The summed E-state index contributed by atoms with van der Waals surface area (Å²) >= 11 is 0. The summed E-state index contributed by atoms with van der Waals surface area (Å²) in [4.78, 5) is 2.41. The average molecular weight is 201 g/mol. The van der Waals surface area contributed by atoms with Crippen LogP contribution in [0.25, 0.3) is 0 Å². The Hall–Kier alpha value is -0.120. The van der Waals surface area contributed by atoms with Crippen LogP contribution in [0, 0.1) is 0 Å². The number of rotatable bonds is 6. The molecule has 14 heavy (non-hydrogen) atoms. The van der Waals surface area contributed by atoms with Crippen molar-refractivity contribution in [1.82, 2.24) is 4.90 Å². The molecule has 0 radical (unpaired) electrons. The molecule has 3 nitrogen and oxygen atoms in total. The number of nitrogens with zero attached hydrogens (tertiary/aromatic N) is 1. The van der Waals surface area contributed by atoms with Crippen LogP contribution in [0.5, 0.6) is 0 Å². The summed E-state index contributed by atoms with van der Waals surface area (Å²) in [5, 5.41) is 0. The van der Waals surface area contributed by atoms with E-state index < -0.39 is 0 Å². The molecule has 0 aliphatic carbocycles. The molecule has 0 bridgehead atoms. The van der Waals surface area contributed by atoms with Crippen molar-refractivity contribution in [1.29, 1.82) is 0 Å². The zero-order valence-electron chi connectivity index (χ0n) is 9.50. The first-order valence-corrected chi connectivity index (χ1v) is 5.78. The minimum absolute atomic E-state index is 0.579. The molecule has 0 aromatic heterocycles. The molecule has 0 saturated carbocycles. The molecule has 1 rings (SSSR count). The topological polar surface area (TPSA) is 21.7 Å². The largest absolute Gasteiger partial charge is 0.380 e. The van der Waals surface area contributed by atoms with Gasteiger partial charge in [0, 0.05) is 25.8 Å². The fourth-order valence-electron chi connectivity index (χ4n) is 1.88. The van der Waals surface area contributed by atoms with E-state index in [-0.39, 0.29) is 0 Å². The molecule has 1 fully saturated rings. The highest BCUT2D eigenvalue weighted by Crippen LogP contribution is 2.16. The Kier molecular flexibility index (Phi) is 6.15. The zero-order valence-corrected chi connectivity index (χ0v) is 9.50. The smallest absolute Gasteiger partial charge is 0.0993 e. The number of hydrogen-bond acceptors (Lipinski definition) is 3. The van der Waals surface area contributed by atoms with E-state index >= 15 is 0 Å². The first kappa shape index (κ1) is 12.0. The van der Waals surface area contributed by atoms with Crippen molar-refractivity contribution in [2.45, 2.75) is 39.2 Å². The van der Waals surface area contributed by atoms with Gasteiger partial charge < -0.3 is 9.47 Å². The fourth-order valence-corrected chi connectivity index (χ4v) is 1.88. The highest BCUT2D eigenvalue weighted by atomic mass is 16.5. The van der Waals surface area contributed by atoms with E-state index in [0.29, 0.717) is 6.04 Å². The van der Waals surface area contributed by atoms with Gasteiger partial charge >= 0.3 is 0 Å². The summed E-state index contributed by atoms with van der Waals surface area (Å²) in [5.41, 5.74) is 0. The van der Waals surface area contributed by atoms with E-state index in [2.05, 4.69) is 11.8 Å². The highest BCUT2D eigenvalue weighted by molar-refractivity contribution is 4.74. The van der Waals surface area contributed by atoms with Gasteiger partial charge in [0.15, 0.2) is 0 Å². The number of ether oxygens (including phenoxy) is 2. The van der Waals surface area contributed by atoms with Crippen molar-refractivity contribution in [3.05, 3.63) is 0 Å². The first-order chi connectivity index (χ1) is 6.88. The first-order valence-electron chi connectivity index (χ1n) is 5.78. The van der Waals surface area contributed by atoms with Gasteiger partial charge in [-0.1, -0.05) is 6.42 Å². The second-order valence-electron chi connectivity index (χ2n) is 3.74. The maximum Gasteiger partial charge on any atom is 0.0993 e. The second-order valence-corrected chi connectivity index (χ2v) is 3.74. The zero-order chi connectivity index (χ0) is 10.2. The molecule has 1 heterocycles. The number of piperidine rings is 1. The minimum atomic E-state index is 0.579. The third-order valence-electron chi connectivity index (χ3n) is 2.72. The van der Waals surface area contributed by atoms with Crippen LogP contribution in [-0.4, -0.2) is 44.0 Å². The Labute approximate surface area is 87.4 Å². The third kappa shape index (κ3) is 3.95. The lowest BCUT2D eigenvalue weighted by Gasteiger charge is -2.34. The van der Waals surface area contributed by atoms with Crippen molar-refractivity contribution in [3.8, 4) is 0 Å². The molecular weight excluding hydrogens is 178 g/mol. The van der Waals surface area contributed by atoms with Crippen LogP contribution in [-0.2, 0) is 9.47 Å². The Bertz CT molecular complexity index is 125. The predicted molar refractivity (Wildman–Crippen MR) is 57.3 cm³/mol. The summed E-state index contributed by atoms with van der Waals surface area (Å²) < 4.78 is 10.9. The van der Waals surface area contributed by atoms with Crippen molar-refractivity contribution in [2.75, 3.05) is 33.1 Å². The van der Waals surface area contributed by atoms with E-state index in [0.717, 1.165) is 33.1 Å². The van der Waals surface area contributed by atoms with E-state index in [1.165, 1.54) is 19.3 Å². The summed E-state index contributed by atoms with van der Waals surface area (Å²) in [6.45, 7) is 8.52. The van der Waals surface area contributed by atoms with Gasteiger partial charge in [-0.2, -0.15) is 0 Å². The lowest BCUT2D eigenvalue weighted by molar-refractivity contribution is -0.0319. The standard InChI is InChI=1S/C11H23NO2/c1-3-13-9-11-7-5-6-8-12(11)10-14-4-2/h11H,3-10H2,1-2H3. The van der Waals surface area contributed by atoms with Gasteiger partial charge in [0.05, 0.1) is 13.3 Å². The van der Waals surface area contributed by atoms with Gasteiger partial charge in [0.2, 0.25) is 0 Å². The second kappa shape index (κ2) is 7.21. The average Bonchev–Trinajstić information content (AvgIpc) is 2.24.